The highest BCUT2D eigenvalue weighted by atomic mass is 16.5. The summed E-state index contributed by atoms with van der Waals surface area (Å²) < 4.78 is 5.87. The van der Waals surface area contributed by atoms with E-state index in [1.165, 1.54) is 0 Å². The first-order chi connectivity index (χ1) is 16.4. The van der Waals surface area contributed by atoms with Gasteiger partial charge in [0.05, 0.1) is 30.8 Å². The fraction of sp³-hybridized carbons (Fsp3) is 0.897. The molecule has 0 bridgehead atoms. The smallest absolute Gasteiger partial charge is 0.309 e. The molecule has 4 fully saturated rings. The zero-order chi connectivity index (χ0) is 25.9. The van der Waals surface area contributed by atoms with E-state index in [-0.39, 0.29) is 58.7 Å². The third-order valence-electron chi connectivity index (χ3n) is 11.3. The summed E-state index contributed by atoms with van der Waals surface area (Å²) in [5.74, 6) is 0.676. The molecule has 4 aliphatic rings. The van der Waals surface area contributed by atoms with Gasteiger partial charge in [-0.15, -0.1) is 0 Å². The maximum absolute atomic E-state index is 13.0. The number of allylic oxidation sites excluding steroid dienone is 1. The van der Waals surface area contributed by atoms with E-state index in [9.17, 15) is 25.2 Å². The van der Waals surface area contributed by atoms with Gasteiger partial charge in [-0.1, -0.05) is 40.7 Å². The summed E-state index contributed by atoms with van der Waals surface area (Å²) >= 11 is 0. The number of fused-ring (bicyclic) bond motifs is 5. The van der Waals surface area contributed by atoms with Crippen molar-refractivity contribution in [1.82, 2.24) is 0 Å². The van der Waals surface area contributed by atoms with Crippen molar-refractivity contribution < 1.29 is 30.0 Å². The van der Waals surface area contributed by atoms with Crippen molar-refractivity contribution in [2.75, 3.05) is 6.61 Å². The second kappa shape index (κ2) is 9.74. The number of hydrogen-bond donors (Lipinski definition) is 4. The minimum absolute atomic E-state index is 0.00457. The van der Waals surface area contributed by atoms with Crippen molar-refractivity contribution in [3.8, 4) is 0 Å². The van der Waals surface area contributed by atoms with E-state index in [4.69, 9.17) is 4.74 Å². The van der Waals surface area contributed by atoms with Crippen molar-refractivity contribution in [3.63, 3.8) is 0 Å². The Morgan fingerprint density at radius 1 is 1.03 bits per heavy atom. The predicted molar refractivity (Wildman–Crippen MR) is 134 cm³/mol. The number of aliphatic hydroxyl groups excluding tert-OH is 4. The molecule has 35 heavy (non-hydrogen) atoms. The van der Waals surface area contributed by atoms with Gasteiger partial charge >= 0.3 is 5.97 Å². The van der Waals surface area contributed by atoms with Crippen molar-refractivity contribution in [3.05, 3.63) is 11.6 Å². The van der Waals surface area contributed by atoms with E-state index >= 15 is 0 Å². The van der Waals surface area contributed by atoms with Crippen LogP contribution < -0.4 is 0 Å². The molecule has 6 heteroatoms. The van der Waals surface area contributed by atoms with Gasteiger partial charge in [-0.25, -0.2) is 0 Å². The normalized spacial score (nSPS) is 46.7. The van der Waals surface area contributed by atoms with Gasteiger partial charge in [0.15, 0.2) is 0 Å². The standard InChI is InChI=1S/C29H48O6/c1-7-17(15(2)3)26(33)25(32)16(4)19-8-9-20-18-14-35-27(34)22-12-23(30)24(31)13-29(22,6)21(18)10-11-28(19,20)5/h7,15-16,18-26,30-33H,8-14H2,1-6H3. The van der Waals surface area contributed by atoms with E-state index in [1.807, 2.05) is 26.8 Å². The molecule has 3 saturated carbocycles. The first-order valence-electron chi connectivity index (χ1n) is 13.9. The molecule has 12 unspecified atom stereocenters. The second-order valence-electron chi connectivity index (χ2n) is 13.1. The van der Waals surface area contributed by atoms with E-state index in [0.29, 0.717) is 18.9 Å². The molecule has 0 aromatic carbocycles. The maximum Gasteiger partial charge on any atom is 0.309 e. The maximum atomic E-state index is 13.0. The van der Waals surface area contributed by atoms with Crippen molar-refractivity contribution in [2.45, 2.75) is 104 Å². The first-order valence-corrected chi connectivity index (χ1v) is 13.9. The zero-order valence-electron chi connectivity index (χ0n) is 22.5. The molecule has 0 amide bonds. The number of rotatable bonds is 5. The number of cyclic esters (lactones) is 1. The van der Waals surface area contributed by atoms with Crippen LogP contribution in [0, 0.1) is 52.3 Å². The molecule has 1 heterocycles. The lowest BCUT2D eigenvalue weighted by atomic mass is 9.48. The monoisotopic (exact) mass is 492 g/mol. The summed E-state index contributed by atoms with van der Waals surface area (Å²) in [7, 11) is 0. The minimum Gasteiger partial charge on any atom is -0.465 e. The Bertz CT molecular complexity index is 824. The van der Waals surface area contributed by atoms with Crippen LogP contribution in [-0.4, -0.2) is 57.4 Å². The Balaban J connectivity index is 1.58. The third kappa shape index (κ3) is 4.30. The number of carbonyl (C=O) groups is 1. The van der Waals surface area contributed by atoms with Crippen LogP contribution >= 0.6 is 0 Å². The van der Waals surface area contributed by atoms with E-state index in [1.54, 1.807) is 0 Å². The summed E-state index contributed by atoms with van der Waals surface area (Å²) in [5.41, 5.74) is 0.515. The summed E-state index contributed by atoms with van der Waals surface area (Å²) in [5, 5.41) is 43.1. The summed E-state index contributed by atoms with van der Waals surface area (Å²) in [6, 6.07) is 0. The molecular formula is C29H48O6. The van der Waals surface area contributed by atoms with Gasteiger partial charge in [0, 0.05) is 0 Å². The number of esters is 1. The molecule has 0 aromatic heterocycles. The Kier molecular flexibility index (Phi) is 7.54. The van der Waals surface area contributed by atoms with E-state index in [2.05, 4.69) is 20.8 Å². The summed E-state index contributed by atoms with van der Waals surface area (Å²) in [6.45, 7) is 13.0. The molecule has 0 radical (unpaired) electrons. The fourth-order valence-corrected chi connectivity index (χ4v) is 9.26. The largest absolute Gasteiger partial charge is 0.465 e. The van der Waals surface area contributed by atoms with Crippen molar-refractivity contribution >= 4 is 5.97 Å². The van der Waals surface area contributed by atoms with Crippen LogP contribution in [0.5, 0.6) is 0 Å². The van der Waals surface area contributed by atoms with Crippen LogP contribution in [0.15, 0.2) is 11.6 Å². The molecular weight excluding hydrogens is 444 g/mol. The Labute approximate surface area is 211 Å². The van der Waals surface area contributed by atoms with Gasteiger partial charge in [-0.3, -0.25) is 4.79 Å². The SMILES string of the molecule is CC=C(C(C)C)C(O)C(O)C(C)C1CCC2C3COC(=O)C4CC(O)C(O)CC4(C)C3CCC12C. The van der Waals surface area contributed by atoms with Crippen LogP contribution in [0.2, 0.25) is 0 Å². The van der Waals surface area contributed by atoms with Crippen LogP contribution in [0.1, 0.15) is 80.1 Å². The number of ether oxygens (including phenoxy) is 1. The number of hydrogen-bond acceptors (Lipinski definition) is 6. The van der Waals surface area contributed by atoms with Gasteiger partial charge in [-0.05, 0) is 97.4 Å². The molecule has 200 valence electrons. The quantitative estimate of drug-likeness (QED) is 0.344. The van der Waals surface area contributed by atoms with Crippen LogP contribution in [0.3, 0.4) is 0 Å². The van der Waals surface area contributed by atoms with Gasteiger partial charge in [0.2, 0.25) is 0 Å². The molecule has 3 aliphatic carbocycles. The second-order valence-corrected chi connectivity index (χ2v) is 13.1. The topological polar surface area (TPSA) is 107 Å². The van der Waals surface area contributed by atoms with Crippen molar-refractivity contribution in [1.29, 1.82) is 0 Å². The van der Waals surface area contributed by atoms with E-state index < -0.39 is 24.4 Å². The Morgan fingerprint density at radius 3 is 2.31 bits per heavy atom. The fourth-order valence-electron chi connectivity index (χ4n) is 9.26. The highest BCUT2D eigenvalue weighted by molar-refractivity contribution is 5.74. The average molecular weight is 493 g/mol. The highest BCUT2D eigenvalue weighted by Crippen LogP contribution is 2.66. The van der Waals surface area contributed by atoms with Gasteiger partial charge in [0.1, 0.15) is 6.10 Å². The van der Waals surface area contributed by atoms with Crippen molar-refractivity contribution in [2.24, 2.45) is 52.3 Å². The minimum atomic E-state index is -0.872. The molecule has 1 saturated heterocycles. The van der Waals surface area contributed by atoms with Crippen LogP contribution in [-0.2, 0) is 9.53 Å². The van der Waals surface area contributed by atoms with Crippen LogP contribution in [0.4, 0.5) is 0 Å². The Morgan fingerprint density at radius 2 is 1.69 bits per heavy atom. The molecule has 0 aromatic rings. The number of carbonyl (C=O) groups excluding carboxylic acids is 1. The third-order valence-corrected chi connectivity index (χ3v) is 11.3. The molecule has 12 atom stereocenters. The molecule has 4 N–H and O–H groups in total. The molecule has 6 nitrogen and oxygen atoms in total. The van der Waals surface area contributed by atoms with Gasteiger partial charge in [0.25, 0.3) is 0 Å². The molecule has 1 aliphatic heterocycles. The lowest BCUT2D eigenvalue weighted by molar-refractivity contribution is -0.162. The molecule has 4 rings (SSSR count). The average Bonchev–Trinajstić information content (AvgIpc) is 3.11. The highest BCUT2D eigenvalue weighted by Gasteiger charge is 2.63. The first kappa shape index (κ1) is 27.1. The lowest BCUT2D eigenvalue weighted by Gasteiger charge is -2.56. The van der Waals surface area contributed by atoms with Gasteiger partial charge in [-0.2, -0.15) is 0 Å². The Hall–Kier alpha value is -0.950. The lowest BCUT2D eigenvalue weighted by Crippen LogP contribution is -2.55. The predicted octanol–water partition coefficient (Wildman–Crippen LogP) is 3.70. The van der Waals surface area contributed by atoms with E-state index in [0.717, 1.165) is 31.3 Å². The number of aliphatic hydroxyl groups is 4. The van der Waals surface area contributed by atoms with Gasteiger partial charge < -0.3 is 25.2 Å². The zero-order valence-corrected chi connectivity index (χ0v) is 22.5. The molecule has 0 spiro atoms. The summed E-state index contributed by atoms with van der Waals surface area (Å²) in [4.78, 5) is 13.0. The van der Waals surface area contributed by atoms with Crippen LogP contribution in [0.25, 0.3) is 0 Å². The summed E-state index contributed by atoms with van der Waals surface area (Å²) in [6.07, 6.45) is 3.28.